The first-order valence-corrected chi connectivity index (χ1v) is 16.6. The molecular weight excluding hydrogens is 641 g/mol. The van der Waals surface area contributed by atoms with Crippen LogP contribution >= 0.6 is 22.9 Å². The molecule has 0 saturated carbocycles. The van der Waals surface area contributed by atoms with Crippen molar-refractivity contribution in [2.24, 2.45) is 0 Å². The third-order valence-electron chi connectivity index (χ3n) is 10.0. The van der Waals surface area contributed by atoms with Crippen molar-refractivity contribution >= 4 is 54.7 Å². The van der Waals surface area contributed by atoms with E-state index in [9.17, 15) is 19.1 Å². The minimum atomic E-state index is -0.950. The number of hydrogen-bond donors (Lipinski definition) is 2. The number of nitrogens with zero attached hydrogens (tertiary/aromatic N) is 5. The Bertz CT molecular complexity index is 1950. The van der Waals surface area contributed by atoms with Gasteiger partial charge in [-0.3, -0.25) is 4.90 Å². The number of fused-ring (bicyclic) bond motifs is 4. The fraction of sp³-hybridized carbons (Fsp3) is 0.469. The molecule has 0 bridgehead atoms. The van der Waals surface area contributed by atoms with Crippen molar-refractivity contribution in [3.63, 3.8) is 0 Å². The van der Waals surface area contributed by atoms with Crippen LogP contribution in [0.25, 0.3) is 32.1 Å². The number of hydrogen-bond acceptors (Lipinski definition) is 10. The van der Waals surface area contributed by atoms with Crippen LogP contribution in [-0.4, -0.2) is 76.7 Å². The van der Waals surface area contributed by atoms with Crippen LogP contribution in [0.5, 0.6) is 11.8 Å². The first-order chi connectivity index (χ1) is 22.2. The number of aliphatic hydroxyl groups excluding tert-OH is 1. The summed E-state index contributed by atoms with van der Waals surface area (Å²) in [6.07, 6.45) is 2.12. The van der Waals surface area contributed by atoms with Gasteiger partial charge in [0.25, 0.3) is 0 Å². The van der Waals surface area contributed by atoms with Crippen molar-refractivity contribution in [3.05, 3.63) is 34.4 Å². The van der Waals surface area contributed by atoms with Gasteiger partial charge < -0.3 is 25.2 Å². The number of aliphatic hydroxyl groups is 1. The summed E-state index contributed by atoms with van der Waals surface area (Å²) in [4.78, 5) is 13.5. The molecule has 3 unspecified atom stereocenters. The molecule has 46 heavy (non-hydrogen) atoms. The average molecular weight is 671 g/mol. The molecule has 3 fully saturated rings. The summed E-state index contributed by atoms with van der Waals surface area (Å²) in [7, 11) is 0. The molecule has 0 radical (unpaired) electrons. The number of anilines is 2. The van der Waals surface area contributed by atoms with Crippen molar-refractivity contribution < 1.29 is 27.8 Å². The fourth-order valence-electron chi connectivity index (χ4n) is 7.91. The largest absolute Gasteiger partial charge is 0.491 e. The molecule has 2 aromatic heterocycles. The minimum Gasteiger partial charge on any atom is -0.491 e. The second-order valence-corrected chi connectivity index (χ2v) is 14.1. The zero-order valence-electron chi connectivity index (χ0n) is 24.7. The molecule has 0 spiro atoms. The van der Waals surface area contributed by atoms with E-state index in [2.05, 4.69) is 9.88 Å². The van der Waals surface area contributed by atoms with Gasteiger partial charge in [0.1, 0.15) is 41.0 Å². The Morgan fingerprint density at radius 3 is 2.91 bits per heavy atom. The molecule has 6 heterocycles. The molecule has 4 atom stereocenters. The van der Waals surface area contributed by atoms with Gasteiger partial charge in [-0.25, -0.2) is 13.2 Å². The third kappa shape index (κ3) is 4.48. The van der Waals surface area contributed by atoms with E-state index in [1.807, 2.05) is 11.0 Å². The number of halogens is 4. The zero-order valence-corrected chi connectivity index (χ0v) is 26.2. The van der Waals surface area contributed by atoms with Gasteiger partial charge in [-0.2, -0.15) is 15.2 Å². The van der Waals surface area contributed by atoms with Crippen molar-refractivity contribution in [3.8, 4) is 29.0 Å². The average Bonchev–Trinajstić information content (AvgIpc) is 3.67. The molecule has 14 heteroatoms. The Morgan fingerprint density at radius 2 is 2.09 bits per heavy atom. The Labute approximate surface area is 271 Å². The lowest BCUT2D eigenvalue weighted by atomic mass is 9.94. The maximum atomic E-state index is 17.1. The number of rotatable bonds is 4. The van der Waals surface area contributed by atoms with Crippen LogP contribution < -0.4 is 20.1 Å². The highest BCUT2D eigenvalue weighted by atomic mass is 35.5. The molecule has 0 amide bonds. The number of thiophene rings is 1. The van der Waals surface area contributed by atoms with Gasteiger partial charge >= 0.3 is 6.01 Å². The van der Waals surface area contributed by atoms with E-state index >= 15 is 4.39 Å². The number of nitrogen functional groups attached to an aromatic ring is 1. The van der Waals surface area contributed by atoms with Crippen LogP contribution in [0, 0.1) is 23.0 Å². The molecule has 4 aliphatic heterocycles. The van der Waals surface area contributed by atoms with E-state index in [-0.39, 0.29) is 78.7 Å². The van der Waals surface area contributed by atoms with E-state index in [1.165, 1.54) is 12.1 Å². The number of nitriles is 1. The molecule has 3 N–H and O–H groups in total. The fourth-order valence-corrected chi connectivity index (χ4v) is 9.20. The molecule has 240 valence electrons. The van der Waals surface area contributed by atoms with Gasteiger partial charge in [0.05, 0.1) is 38.9 Å². The van der Waals surface area contributed by atoms with Crippen molar-refractivity contribution in [1.82, 2.24) is 14.9 Å². The van der Waals surface area contributed by atoms with E-state index < -0.39 is 29.4 Å². The number of piperidine rings is 1. The van der Waals surface area contributed by atoms with Crippen molar-refractivity contribution in [2.45, 2.75) is 62.4 Å². The maximum absolute atomic E-state index is 17.1. The highest BCUT2D eigenvalue weighted by Crippen LogP contribution is 2.51. The Kier molecular flexibility index (Phi) is 7.13. The summed E-state index contributed by atoms with van der Waals surface area (Å²) in [5, 5.41) is 20.8. The van der Waals surface area contributed by atoms with E-state index in [1.54, 1.807) is 0 Å². The summed E-state index contributed by atoms with van der Waals surface area (Å²) in [5.41, 5.74) is 5.58. The molecule has 9 nitrogen and oxygen atoms in total. The van der Waals surface area contributed by atoms with Crippen molar-refractivity contribution in [1.29, 1.82) is 5.26 Å². The molecule has 4 aliphatic rings. The minimum absolute atomic E-state index is 0.0267. The van der Waals surface area contributed by atoms with Crippen LogP contribution in [0.3, 0.4) is 0 Å². The van der Waals surface area contributed by atoms with E-state index in [0.29, 0.717) is 44.6 Å². The summed E-state index contributed by atoms with van der Waals surface area (Å²) in [6, 6.07) is 4.38. The van der Waals surface area contributed by atoms with Gasteiger partial charge in [-0.1, -0.05) is 17.7 Å². The van der Waals surface area contributed by atoms with E-state index in [4.69, 9.17) is 31.8 Å². The summed E-state index contributed by atoms with van der Waals surface area (Å²) >= 11 is 7.91. The summed E-state index contributed by atoms with van der Waals surface area (Å²) in [6.45, 7) is 1.96. The first-order valence-electron chi connectivity index (χ1n) is 15.4. The Balaban J connectivity index is 1.35. The standard InChI is InChI=1S/C32H30ClF3N6O3S/c33-24-22(18-2-3-20(35)28-21(18)19(12-37)29(38)46-28)25(36)26-23-27(24)44-9-5-16-10-17(43)4-8-42(16)30(23)40-31(39-26)45-14-32-6-1-7-41(32)13-15(34)11-32/h2-3,15-17,43H,1,4-11,13-14,38H2/t15-,16?,17?,32?/m1/s1. The predicted molar refractivity (Wildman–Crippen MR) is 169 cm³/mol. The molecule has 4 aromatic rings. The number of aromatic nitrogens is 2. The van der Waals surface area contributed by atoms with Crippen LogP contribution in [0.2, 0.25) is 5.02 Å². The second kappa shape index (κ2) is 11.0. The van der Waals surface area contributed by atoms with Gasteiger partial charge in [-0.05, 0) is 43.9 Å². The van der Waals surface area contributed by atoms with Gasteiger partial charge in [0, 0.05) is 42.9 Å². The predicted octanol–water partition coefficient (Wildman–Crippen LogP) is 5.96. The third-order valence-corrected chi connectivity index (χ3v) is 11.4. The number of benzene rings is 2. The topological polar surface area (TPSA) is 121 Å². The Morgan fingerprint density at radius 1 is 1.24 bits per heavy atom. The van der Waals surface area contributed by atoms with Crippen molar-refractivity contribution in [2.75, 3.05) is 43.5 Å². The van der Waals surface area contributed by atoms with E-state index in [0.717, 1.165) is 30.7 Å². The lowest BCUT2D eigenvalue weighted by Gasteiger charge is -2.40. The smallest absolute Gasteiger partial charge is 0.319 e. The molecule has 3 saturated heterocycles. The Hall–Kier alpha value is -3.57. The van der Waals surface area contributed by atoms with Gasteiger partial charge in [0.15, 0.2) is 11.6 Å². The summed E-state index contributed by atoms with van der Waals surface area (Å²) in [5.74, 6) is -0.880. The van der Waals surface area contributed by atoms with Crippen LogP contribution in [0.4, 0.5) is 24.0 Å². The molecule has 0 aliphatic carbocycles. The van der Waals surface area contributed by atoms with Crippen LogP contribution in [0.1, 0.15) is 44.1 Å². The number of alkyl halides is 1. The van der Waals surface area contributed by atoms with Crippen LogP contribution in [-0.2, 0) is 0 Å². The lowest BCUT2D eigenvalue weighted by Crippen LogP contribution is -2.46. The number of nitrogens with two attached hydrogens (primary N) is 1. The monoisotopic (exact) mass is 670 g/mol. The molecule has 2 aromatic carbocycles. The maximum Gasteiger partial charge on any atom is 0.319 e. The molecular formula is C32H30ClF3N6O3S. The number of ether oxygens (including phenoxy) is 2. The van der Waals surface area contributed by atoms with Gasteiger partial charge in [0.2, 0.25) is 0 Å². The second-order valence-electron chi connectivity index (χ2n) is 12.7. The molecule has 8 rings (SSSR count). The highest BCUT2D eigenvalue weighted by Gasteiger charge is 2.49. The van der Waals surface area contributed by atoms with Crippen LogP contribution in [0.15, 0.2) is 12.1 Å². The zero-order chi connectivity index (χ0) is 31.9. The highest BCUT2D eigenvalue weighted by molar-refractivity contribution is 7.23. The quantitative estimate of drug-likeness (QED) is 0.271. The SMILES string of the molecule is N#Cc1c(N)sc2c(F)ccc(-c3c(Cl)c4c5c(nc(OCC67CCCN6C[C@H](F)C7)nc5c3F)N3CCC(O)CC3CCO4)c12. The van der Waals surface area contributed by atoms with Gasteiger partial charge in [-0.15, -0.1) is 11.3 Å². The summed E-state index contributed by atoms with van der Waals surface area (Å²) < 4.78 is 59.1. The normalized spacial score (nSPS) is 26.0. The first kappa shape index (κ1) is 29.8. The lowest BCUT2D eigenvalue weighted by molar-refractivity contribution is 0.107.